The first-order valence-corrected chi connectivity index (χ1v) is 3.85. The van der Waals surface area contributed by atoms with Gasteiger partial charge in [0.15, 0.2) is 0 Å². The van der Waals surface area contributed by atoms with Crippen LogP contribution in [0, 0.1) is 6.92 Å². The SMILES string of the molecule is [CH2]C(=O)N1C(C)COCC1C. The highest BCUT2D eigenvalue weighted by atomic mass is 16.5. The molecule has 0 aromatic heterocycles. The van der Waals surface area contributed by atoms with Gasteiger partial charge in [0, 0.05) is 6.92 Å². The molecule has 0 spiro atoms. The molecule has 1 radical (unpaired) electrons. The highest BCUT2D eigenvalue weighted by Gasteiger charge is 2.26. The Hall–Kier alpha value is -0.570. The van der Waals surface area contributed by atoms with Crippen molar-refractivity contribution in [2.75, 3.05) is 13.2 Å². The zero-order chi connectivity index (χ0) is 8.43. The van der Waals surface area contributed by atoms with E-state index < -0.39 is 0 Å². The number of carbonyl (C=O) groups is 1. The van der Waals surface area contributed by atoms with Gasteiger partial charge in [-0.3, -0.25) is 4.79 Å². The molecule has 3 heteroatoms. The van der Waals surface area contributed by atoms with E-state index in [0.717, 1.165) is 0 Å². The zero-order valence-electron chi connectivity index (χ0n) is 7.04. The number of morpholine rings is 1. The van der Waals surface area contributed by atoms with Crippen molar-refractivity contribution < 1.29 is 9.53 Å². The summed E-state index contributed by atoms with van der Waals surface area (Å²) < 4.78 is 5.25. The molecular formula is C8H14NO2. The van der Waals surface area contributed by atoms with E-state index in [4.69, 9.17) is 4.74 Å². The van der Waals surface area contributed by atoms with E-state index in [0.29, 0.717) is 13.2 Å². The average molecular weight is 156 g/mol. The van der Waals surface area contributed by atoms with Crippen LogP contribution in [0.2, 0.25) is 0 Å². The van der Waals surface area contributed by atoms with Crippen molar-refractivity contribution in [3.05, 3.63) is 6.92 Å². The molecule has 1 heterocycles. The summed E-state index contributed by atoms with van der Waals surface area (Å²) in [6.07, 6.45) is 0. The summed E-state index contributed by atoms with van der Waals surface area (Å²) in [7, 11) is 0. The molecule has 1 fully saturated rings. The van der Waals surface area contributed by atoms with Gasteiger partial charge in [-0.05, 0) is 13.8 Å². The number of ether oxygens (including phenoxy) is 1. The van der Waals surface area contributed by atoms with E-state index in [-0.39, 0.29) is 18.0 Å². The summed E-state index contributed by atoms with van der Waals surface area (Å²) in [6.45, 7) is 8.60. The Balaban J connectivity index is 2.62. The van der Waals surface area contributed by atoms with Crippen LogP contribution in [0.25, 0.3) is 0 Å². The van der Waals surface area contributed by atoms with Crippen molar-refractivity contribution in [1.82, 2.24) is 4.90 Å². The van der Waals surface area contributed by atoms with Crippen LogP contribution < -0.4 is 0 Å². The molecule has 0 aliphatic carbocycles. The zero-order valence-corrected chi connectivity index (χ0v) is 7.04. The molecule has 0 aromatic carbocycles. The van der Waals surface area contributed by atoms with Gasteiger partial charge in [-0.2, -0.15) is 0 Å². The lowest BCUT2D eigenvalue weighted by Crippen LogP contribution is -2.51. The van der Waals surface area contributed by atoms with Gasteiger partial charge in [0.05, 0.1) is 25.3 Å². The maximum Gasteiger partial charge on any atom is 0.223 e. The number of rotatable bonds is 0. The Kier molecular flexibility index (Phi) is 2.49. The van der Waals surface area contributed by atoms with E-state index in [2.05, 4.69) is 6.92 Å². The first-order valence-electron chi connectivity index (χ1n) is 3.85. The van der Waals surface area contributed by atoms with E-state index in [1.165, 1.54) is 0 Å². The lowest BCUT2D eigenvalue weighted by Gasteiger charge is -2.37. The Morgan fingerprint density at radius 1 is 1.45 bits per heavy atom. The molecule has 0 aromatic rings. The van der Waals surface area contributed by atoms with E-state index in [1.807, 2.05) is 13.8 Å². The maximum atomic E-state index is 11.0. The number of nitrogens with zero attached hydrogens (tertiary/aromatic N) is 1. The van der Waals surface area contributed by atoms with Crippen molar-refractivity contribution in [2.45, 2.75) is 25.9 Å². The molecule has 2 atom stereocenters. The summed E-state index contributed by atoms with van der Waals surface area (Å²) in [4.78, 5) is 12.7. The molecule has 0 saturated carbocycles. The standard InChI is InChI=1S/C8H14NO2/c1-6-4-11-5-7(2)9(6)8(3)10/h6-7H,3-5H2,1-2H3. The average Bonchev–Trinajstić information content (AvgIpc) is 1.85. The minimum atomic E-state index is -0.103. The van der Waals surface area contributed by atoms with Crippen LogP contribution in [-0.4, -0.2) is 36.1 Å². The molecular weight excluding hydrogens is 142 g/mol. The van der Waals surface area contributed by atoms with Gasteiger partial charge in [0.25, 0.3) is 0 Å². The minimum Gasteiger partial charge on any atom is -0.377 e. The largest absolute Gasteiger partial charge is 0.377 e. The third kappa shape index (κ3) is 1.71. The van der Waals surface area contributed by atoms with Gasteiger partial charge in [-0.15, -0.1) is 0 Å². The second-order valence-electron chi connectivity index (χ2n) is 3.04. The lowest BCUT2D eigenvalue weighted by molar-refractivity contribution is -0.138. The second-order valence-corrected chi connectivity index (χ2v) is 3.04. The van der Waals surface area contributed by atoms with E-state index in [1.54, 1.807) is 4.90 Å². The van der Waals surface area contributed by atoms with Gasteiger partial charge in [0.1, 0.15) is 0 Å². The maximum absolute atomic E-state index is 11.0. The monoisotopic (exact) mass is 156 g/mol. The van der Waals surface area contributed by atoms with E-state index in [9.17, 15) is 4.79 Å². The predicted molar refractivity (Wildman–Crippen MR) is 41.9 cm³/mol. The molecule has 2 unspecified atom stereocenters. The lowest BCUT2D eigenvalue weighted by atomic mass is 10.2. The smallest absolute Gasteiger partial charge is 0.223 e. The number of amides is 1. The third-order valence-electron chi connectivity index (χ3n) is 1.96. The molecule has 1 rings (SSSR count). The molecule has 1 saturated heterocycles. The van der Waals surface area contributed by atoms with Crippen molar-refractivity contribution in [2.24, 2.45) is 0 Å². The van der Waals surface area contributed by atoms with Crippen LogP contribution in [0.3, 0.4) is 0 Å². The molecule has 1 aliphatic rings. The fourth-order valence-corrected chi connectivity index (χ4v) is 1.50. The highest BCUT2D eigenvalue weighted by Crippen LogP contribution is 2.12. The summed E-state index contributed by atoms with van der Waals surface area (Å²) in [6, 6.07) is 0.340. The fraction of sp³-hybridized carbons (Fsp3) is 0.750. The Morgan fingerprint density at radius 2 is 1.91 bits per heavy atom. The van der Waals surface area contributed by atoms with Crippen LogP contribution in [0.4, 0.5) is 0 Å². The van der Waals surface area contributed by atoms with Crippen LogP contribution in [0.1, 0.15) is 13.8 Å². The number of hydrogen-bond acceptors (Lipinski definition) is 2. The Morgan fingerprint density at radius 3 is 2.18 bits per heavy atom. The fourth-order valence-electron chi connectivity index (χ4n) is 1.50. The quantitative estimate of drug-likeness (QED) is 0.510. The third-order valence-corrected chi connectivity index (χ3v) is 1.96. The summed E-state index contributed by atoms with van der Waals surface area (Å²) in [5.74, 6) is -0.103. The number of hydrogen-bond donors (Lipinski definition) is 0. The van der Waals surface area contributed by atoms with Crippen LogP contribution in [0.5, 0.6) is 0 Å². The molecule has 1 aliphatic heterocycles. The van der Waals surface area contributed by atoms with Gasteiger partial charge < -0.3 is 9.64 Å². The highest BCUT2D eigenvalue weighted by molar-refractivity contribution is 5.81. The summed E-state index contributed by atoms with van der Waals surface area (Å²) in [5.41, 5.74) is 0. The summed E-state index contributed by atoms with van der Waals surface area (Å²) >= 11 is 0. The van der Waals surface area contributed by atoms with Crippen molar-refractivity contribution in [1.29, 1.82) is 0 Å². The summed E-state index contributed by atoms with van der Waals surface area (Å²) in [5, 5.41) is 0. The number of carbonyl (C=O) groups excluding carboxylic acids is 1. The van der Waals surface area contributed by atoms with Crippen molar-refractivity contribution >= 4 is 5.91 Å². The molecule has 63 valence electrons. The predicted octanol–water partition coefficient (Wildman–Crippen LogP) is 0.456. The van der Waals surface area contributed by atoms with Crippen LogP contribution >= 0.6 is 0 Å². The van der Waals surface area contributed by atoms with Crippen molar-refractivity contribution in [3.63, 3.8) is 0 Å². The van der Waals surface area contributed by atoms with Gasteiger partial charge in [-0.1, -0.05) is 0 Å². The van der Waals surface area contributed by atoms with Crippen LogP contribution in [0.15, 0.2) is 0 Å². The van der Waals surface area contributed by atoms with Gasteiger partial charge in [0.2, 0.25) is 5.91 Å². The first kappa shape index (κ1) is 8.53. The molecule has 0 N–H and O–H groups in total. The Labute approximate surface area is 67.3 Å². The van der Waals surface area contributed by atoms with Gasteiger partial charge >= 0.3 is 0 Å². The normalized spacial score (nSPS) is 32.1. The molecule has 1 amide bonds. The minimum absolute atomic E-state index is 0.103. The molecule has 3 nitrogen and oxygen atoms in total. The van der Waals surface area contributed by atoms with E-state index >= 15 is 0 Å². The first-order chi connectivity index (χ1) is 5.13. The van der Waals surface area contributed by atoms with Crippen LogP contribution in [-0.2, 0) is 9.53 Å². The molecule has 11 heavy (non-hydrogen) atoms. The Bertz CT molecular complexity index is 148. The van der Waals surface area contributed by atoms with Crippen molar-refractivity contribution in [3.8, 4) is 0 Å². The van der Waals surface area contributed by atoms with Gasteiger partial charge in [-0.25, -0.2) is 0 Å². The topological polar surface area (TPSA) is 29.5 Å². The second kappa shape index (κ2) is 3.22. The molecule has 0 bridgehead atoms.